The number of ether oxygens (including phenoxy) is 7. The fourth-order valence-electron chi connectivity index (χ4n) is 9.91. The average Bonchev–Trinajstić information content (AvgIpc) is 3.32. The lowest BCUT2D eigenvalue weighted by molar-refractivity contribution is -0.337. The van der Waals surface area contributed by atoms with Gasteiger partial charge in [-0.2, -0.15) is 8.42 Å². The van der Waals surface area contributed by atoms with E-state index in [1.165, 1.54) is 0 Å². The third-order valence-electron chi connectivity index (χ3n) is 14.6. The van der Waals surface area contributed by atoms with Crippen molar-refractivity contribution < 1.29 is 54.6 Å². The third-order valence-corrected chi connectivity index (χ3v) is 26.3. The van der Waals surface area contributed by atoms with E-state index in [2.05, 4.69) is 75.4 Å². The first kappa shape index (κ1) is 57.1. The highest BCUT2D eigenvalue weighted by molar-refractivity contribution is 7.85. The summed E-state index contributed by atoms with van der Waals surface area (Å²) in [5, 5.41) is -0.256. The molecule has 2 fully saturated rings. The minimum Gasteiger partial charge on any atom is -0.408 e. The van der Waals surface area contributed by atoms with Crippen LogP contribution in [0.1, 0.15) is 91.5 Å². The maximum atomic E-state index is 14.5. The molecule has 4 aromatic rings. The first-order chi connectivity index (χ1) is 33.7. The Labute approximate surface area is 427 Å². The zero-order chi connectivity index (χ0) is 51.6. The molecule has 0 bridgehead atoms. The number of hydrogen-bond acceptors (Lipinski definition) is 12. The topological polar surface area (TPSA) is 126 Å². The van der Waals surface area contributed by atoms with Crippen LogP contribution in [0.2, 0.25) is 34.8 Å². The highest BCUT2D eigenvalue weighted by Gasteiger charge is 2.57. The van der Waals surface area contributed by atoms with Crippen LogP contribution in [0, 0.1) is 0 Å². The Hall–Kier alpha value is -3.14. The van der Waals surface area contributed by atoms with Crippen LogP contribution in [-0.2, 0) is 81.9 Å². The second kappa shape index (κ2) is 25.4. The van der Waals surface area contributed by atoms with Crippen molar-refractivity contribution in [3.63, 3.8) is 0 Å². The molecule has 2 aliphatic heterocycles. The van der Waals surface area contributed by atoms with Gasteiger partial charge >= 0.3 is 0 Å². The maximum absolute atomic E-state index is 14.5. The molecule has 2 aliphatic rings. The number of rotatable bonds is 24. The van der Waals surface area contributed by atoms with Crippen LogP contribution in [0.3, 0.4) is 0 Å². The van der Waals surface area contributed by atoms with Crippen LogP contribution < -0.4 is 0 Å². The summed E-state index contributed by atoms with van der Waals surface area (Å²) in [6.45, 7) is 26.8. The van der Waals surface area contributed by atoms with Gasteiger partial charge in [0.1, 0.15) is 36.3 Å². The first-order valence-corrected chi connectivity index (χ1v) is 32.0. The van der Waals surface area contributed by atoms with Crippen molar-refractivity contribution in [1.29, 1.82) is 0 Å². The summed E-state index contributed by atoms with van der Waals surface area (Å²) in [6.07, 6.45) is -8.73. The predicted molar refractivity (Wildman–Crippen MR) is 283 cm³/mol. The summed E-state index contributed by atoms with van der Waals surface area (Å²) >= 11 is 0. The molecule has 0 saturated carbocycles. The molecule has 6 rings (SSSR count). The molecule has 1 unspecified atom stereocenters. The molecule has 2 saturated heterocycles. The molecule has 0 radical (unpaired) electrons. The van der Waals surface area contributed by atoms with Crippen LogP contribution in [0.4, 0.5) is 0 Å². The van der Waals surface area contributed by atoms with Gasteiger partial charge in [0.05, 0.1) is 38.6 Å². The van der Waals surface area contributed by atoms with E-state index in [9.17, 15) is 8.42 Å². The summed E-state index contributed by atoms with van der Waals surface area (Å²) < 4.78 is 97.7. The second-order valence-electron chi connectivity index (χ2n) is 21.6. The summed E-state index contributed by atoms with van der Waals surface area (Å²) in [6, 6.07) is 38.8. The van der Waals surface area contributed by atoms with E-state index >= 15 is 0 Å². The molecule has 0 spiro atoms. The van der Waals surface area contributed by atoms with Gasteiger partial charge in [0.15, 0.2) is 27.0 Å². The largest absolute Gasteiger partial charge is 0.408 e. The minimum atomic E-state index is -4.29. The lowest BCUT2D eigenvalue weighted by atomic mass is 9.97. The minimum absolute atomic E-state index is 0.132. The summed E-state index contributed by atoms with van der Waals surface area (Å²) in [4.78, 5) is 0. The van der Waals surface area contributed by atoms with Crippen molar-refractivity contribution in [2.24, 2.45) is 0 Å². The maximum Gasteiger partial charge on any atom is 0.272 e. The summed E-state index contributed by atoms with van der Waals surface area (Å²) in [5.41, 5.74) is 4.14. The van der Waals surface area contributed by atoms with Gasteiger partial charge in [0.2, 0.25) is 8.32 Å². The van der Waals surface area contributed by atoms with Gasteiger partial charge in [0.25, 0.3) is 10.1 Å². The SMILES string of the molecule is CO[C@H]1O[C@H](COC2O[C@@H](C)[C@H](O[Si](C(C)C)(C(C)C)C(C)C)[C@@H](O[Si](C)(C)C(C)(C)C)[C@H]2OS(=O)(=O)Cc2ccccc2)[C@@H](OCc2ccccc2)[C@H](OCc2ccccc2)[C@H]1OCc1ccccc1. The van der Waals surface area contributed by atoms with E-state index in [0.717, 1.165) is 16.7 Å². The standard InChI is InChI=1S/C56H82O12SSi2/c1-39(2)71(40(3)4,41(5)6)68-48-42(7)64-55(53(51(48)67-70(12,13)56(8,9)10)66-69(57,58)38-46-32-24-17-25-33-46)63-37-47-49(60-34-43-26-18-14-19-27-43)50(61-35-44-28-20-15-21-29-44)52(54(59-11)65-47)62-36-45-30-22-16-23-31-45/h14-33,39-42,47-55H,34-38H2,1-13H3/t42-,47+,48-,49+,50-,51+,52+,53+,54-,55?/m0/s1. The zero-order valence-electron chi connectivity index (χ0n) is 44.4. The van der Waals surface area contributed by atoms with E-state index in [1.54, 1.807) is 19.2 Å². The fourth-order valence-corrected chi connectivity index (χ4v) is 18.0. The van der Waals surface area contributed by atoms with E-state index < -0.39 is 88.2 Å². The Morgan fingerprint density at radius 1 is 0.535 bits per heavy atom. The number of hydrogen-bond donors (Lipinski definition) is 0. The predicted octanol–water partition coefficient (Wildman–Crippen LogP) is 11.7. The number of methoxy groups -OCH3 is 1. The van der Waals surface area contributed by atoms with Gasteiger partial charge in [-0.25, -0.2) is 0 Å². The molecule has 2 heterocycles. The van der Waals surface area contributed by atoms with Crippen LogP contribution in [0.25, 0.3) is 0 Å². The zero-order valence-corrected chi connectivity index (χ0v) is 47.2. The lowest BCUT2D eigenvalue weighted by Crippen LogP contribution is -2.67. The monoisotopic (exact) mass is 1030 g/mol. The highest BCUT2D eigenvalue weighted by Crippen LogP contribution is 2.47. The van der Waals surface area contributed by atoms with Crippen molar-refractivity contribution in [3.8, 4) is 0 Å². The Balaban J connectivity index is 1.42. The molecule has 392 valence electrons. The van der Waals surface area contributed by atoms with Crippen LogP contribution in [0.15, 0.2) is 121 Å². The van der Waals surface area contributed by atoms with Gasteiger partial charge in [-0.05, 0) is 63.9 Å². The van der Waals surface area contributed by atoms with Gasteiger partial charge in [0, 0.05) is 7.11 Å². The molecule has 10 atom stereocenters. The molecule has 4 aromatic carbocycles. The van der Waals surface area contributed by atoms with Gasteiger partial charge in [-0.15, -0.1) is 0 Å². The van der Waals surface area contributed by atoms with Crippen molar-refractivity contribution in [2.75, 3.05) is 13.7 Å². The van der Waals surface area contributed by atoms with Gasteiger partial charge < -0.3 is 42.0 Å². The number of benzene rings is 4. The molecule has 12 nitrogen and oxygen atoms in total. The van der Waals surface area contributed by atoms with E-state index in [0.29, 0.717) is 5.56 Å². The molecule has 0 amide bonds. The van der Waals surface area contributed by atoms with E-state index in [1.807, 2.05) is 116 Å². The normalized spacial score (nSPS) is 25.8. The first-order valence-electron chi connectivity index (χ1n) is 25.4. The van der Waals surface area contributed by atoms with Gasteiger partial charge in [-0.3, -0.25) is 4.18 Å². The Kier molecular flexibility index (Phi) is 20.4. The third kappa shape index (κ3) is 14.8. The van der Waals surface area contributed by atoms with Crippen molar-refractivity contribution >= 4 is 26.8 Å². The Morgan fingerprint density at radius 2 is 0.972 bits per heavy atom. The van der Waals surface area contributed by atoms with Crippen molar-refractivity contribution in [2.45, 2.75) is 191 Å². The Morgan fingerprint density at radius 3 is 1.41 bits per heavy atom. The average molecular weight is 1040 g/mol. The van der Waals surface area contributed by atoms with Crippen LogP contribution in [-0.4, -0.2) is 100 Å². The molecular formula is C56H82O12SSi2. The van der Waals surface area contributed by atoms with Crippen LogP contribution in [0.5, 0.6) is 0 Å². The quantitative estimate of drug-likeness (QED) is 0.0490. The molecule has 0 aromatic heterocycles. The summed E-state index contributed by atoms with van der Waals surface area (Å²) in [5.74, 6) is -0.366. The van der Waals surface area contributed by atoms with Crippen molar-refractivity contribution in [1.82, 2.24) is 0 Å². The smallest absolute Gasteiger partial charge is 0.272 e. The fraction of sp³-hybridized carbons (Fsp3) is 0.571. The highest BCUT2D eigenvalue weighted by atomic mass is 32.2. The van der Waals surface area contributed by atoms with Gasteiger partial charge in [-0.1, -0.05) is 184 Å². The summed E-state index contributed by atoms with van der Waals surface area (Å²) in [7, 11) is -8.05. The lowest BCUT2D eigenvalue weighted by Gasteiger charge is -2.53. The molecular weight excluding hydrogens is 953 g/mol. The van der Waals surface area contributed by atoms with E-state index in [-0.39, 0.29) is 53.8 Å². The molecule has 0 aliphatic carbocycles. The Bertz CT molecular complexity index is 2260. The van der Waals surface area contributed by atoms with Crippen LogP contribution >= 0.6 is 0 Å². The van der Waals surface area contributed by atoms with E-state index in [4.69, 9.17) is 46.2 Å². The molecule has 0 N–H and O–H groups in total. The molecule has 15 heteroatoms. The second-order valence-corrected chi connectivity index (χ2v) is 33.4. The molecule has 71 heavy (non-hydrogen) atoms. The van der Waals surface area contributed by atoms with Crippen molar-refractivity contribution in [3.05, 3.63) is 144 Å².